The molecule has 0 spiro atoms. The van der Waals surface area contributed by atoms with E-state index in [-0.39, 0.29) is 11.9 Å². The van der Waals surface area contributed by atoms with E-state index in [9.17, 15) is 9.59 Å². The molecule has 2 heterocycles. The van der Waals surface area contributed by atoms with Crippen LogP contribution in [0.25, 0.3) is 0 Å². The number of anilines is 3. The van der Waals surface area contributed by atoms with Gasteiger partial charge in [-0.1, -0.05) is 18.2 Å². The van der Waals surface area contributed by atoms with Crippen LogP contribution in [0.5, 0.6) is 0 Å². The summed E-state index contributed by atoms with van der Waals surface area (Å²) in [5, 5.41) is 6.69. The van der Waals surface area contributed by atoms with Crippen LogP contribution in [0.2, 0.25) is 0 Å². The summed E-state index contributed by atoms with van der Waals surface area (Å²) in [7, 11) is 3.98. The maximum absolute atomic E-state index is 12.9. The predicted octanol–water partition coefficient (Wildman–Crippen LogP) is 4.22. The monoisotopic (exact) mass is 447 g/mol. The third kappa shape index (κ3) is 5.03. The van der Waals surface area contributed by atoms with E-state index in [1.807, 2.05) is 55.4 Å². The average Bonchev–Trinajstić information content (AvgIpc) is 2.82. The van der Waals surface area contributed by atoms with E-state index in [1.54, 1.807) is 47.1 Å². The van der Waals surface area contributed by atoms with Gasteiger partial charge in [-0.2, -0.15) is 0 Å². The molecular formula is C24H25N5O2S. The van der Waals surface area contributed by atoms with Crippen molar-refractivity contribution in [2.24, 2.45) is 0 Å². The second-order valence-corrected chi connectivity index (χ2v) is 8.67. The molecule has 3 aromatic rings. The number of hydrogen-bond donors (Lipinski definition) is 2. The number of fused-ring (bicyclic) bond motifs is 1. The lowest BCUT2D eigenvalue weighted by molar-refractivity contribution is 0.0951. The SMILES string of the molecule is CN(C)c1ccc(CNC(=O)c2cccc(NC(=O)N3CCSc4ncccc43)c2)cc1. The molecule has 164 valence electrons. The minimum atomic E-state index is -0.238. The van der Waals surface area contributed by atoms with Gasteiger partial charge in [-0.25, -0.2) is 9.78 Å². The number of rotatable bonds is 5. The van der Waals surface area contributed by atoms with Crippen molar-refractivity contribution in [1.29, 1.82) is 0 Å². The quantitative estimate of drug-likeness (QED) is 0.612. The molecular weight excluding hydrogens is 422 g/mol. The van der Waals surface area contributed by atoms with Gasteiger partial charge in [-0.3, -0.25) is 9.69 Å². The highest BCUT2D eigenvalue weighted by Crippen LogP contribution is 2.32. The summed E-state index contributed by atoms with van der Waals surface area (Å²) in [6.45, 7) is 1.03. The van der Waals surface area contributed by atoms with Crippen LogP contribution in [0, 0.1) is 0 Å². The lowest BCUT2D eigenvalue weighted by Crippen LogP contribution is -2.38. The highest BCUT2D eigenvalue weighted by atomic mass is 32.2. The number of carbonyl (C=O) groups is 2. The molecule has 8 heteroatoms. The molecule has 0 fully saturated rings. The summed E-state index contributed by atoms with van der Waals surface area (Å²) < 4.78 is 0. The first-order chi connectivity index (χ1) is 15.5. The number of benzene rings is 2. The molecule has 0 aliphatic carbocycles. The van der Waals surface area contributed by atoms with Gasteiger partial charge in [-0.15, -0.1) is 11.8 Å². The molecule has 0 atom stereocenters. The maximum atomic E-state index is 12.9. The van der Waals surface area contributed by atoms with Crippen LogP contribution in [-0.2, 0) is 6.54 Å². The molecule has 0 unspecified atom stereocenters. The Morgan fingerprint density at radius 2 is 1.91 bits per heavy atom. The molecule has 0 radical (unpaired) electrons. The van der Waals surface area contributed by atoms with Gasteiger partial charge < -0.3 is 15.5 Å². The third-order valence-electron chi connectivity index (χ3n) is 5.12. The minimum absolute atomic E-state index is 0.193. The maximum Gasteiger partial charge on any atom is 0.326 e. The van der Waals surface area contributed by atoms with Gasteiger partial charge in [0.05, 0.1) is 5.69 Å². The minimum Gasteiger partial charge on any atom is -0.378 e. The first-order valence-electron chi connectivity index (χ1n) is 10.3. The van der Waals surface area contributed by atoms with Gasteiger partial charge in [0.2, 0.25) is 0 Å². The normalized spacial score (nSPS) is 12.6. The summed E-state index contributed by atoms with van der Waals surface area (Å²) in [6, 6.07) is 18.5. The summed E-state index contributed by atoms with van der Waals surface area (Å²) in [5.74, 6) is 0.594. The largest absolute Gasteiger partial charge is 0.378 e. The Balaban J connectivity index is 1.39. The van der Waals surface area contributed by atoms with Crippen molar-refractivity contribution in [3.05, 3.63) is 78.0 Å². The van der Waals surface area contributed by atoms with Crippen LogP contribution in [0.3, 0.4) is 0 Å². The van der Waals surface area contributed by atoms with Crippen LogP contribution in [0.15, 0.2) is 71.9 Å². The number of amides is 3. The van der Waals surface area contributed by atoms with Crippen molar-refractivity contribution in [2.45, 2.75) is 11.6 Å². The van der Waals surface area contributed by atoms with E-state index in [0.717, 1.165) is 27.7 Å². The lowest BCUT2D eigenvalue weighted by Gasteiger charge is -2.28. The van der Waals surface area contributed by atoms with Crippen LogP contribution < -0.4 is 20.4 Å². The van der Waals surface area contributed by atoms with Gasteiger partial charge in [0.1, 0.15) is 5.03 Å². The fourth-order valence-electron chi connectivity index (χ4n) is 3.39. The average molecular weight is 448 g/mol. The van der Waals surface area contributed by atoms with E-state index in [1.165, 1.54) is 0 Å². The molecule has 1 aliphatic rings. The fourth-order valence-corrected chi connectivity index (χ4v) is 4.32. The Morgan fingerprint density at radius 3 is 2.69 bits per heavy atom. The Morgan fingerprint density at radius 1 is 1.09 bits per heavy atom. The summed E-state index contributed by atoms with van der Waals surface area (Å²) >= 11 is 1.64. The summed E-state index contributed by atoms with van der Waals surface area (Å²) in [6.07, 6.45) is 1.73. The Labute approximate surface area is 191 Å². The van der Waals surface area contributed by atoms with E-state index < -0.39 is 0 Å². The van der Waals surface area contributed by atoms with E-state index in [2.05, 4.69) is 15.6 Å². The van der Waals surface area contributed by atoms with Crippen LogP contribution >= 0.6 is 11.8 Å². The van der Waals surface area contributed by atoms with Crippen molar-refractivity contribution >= 4 is 40.8 Å². The van der Waals surface area contributed by atoms with Crippen LogP contribution in [-0.4, -0.2) is 43.3 Å². The number of urea groups is 1. The van der Waals surface area contributed by atoms with Gasteiger partial charge in [-0.05, 0) is 48.0 Å². The first kappa shape index (κ1) is 21.7. The Bertz CT molecular complexity index is 1120. The number of aromatic nitrogens is 1. The topological polar surface area (TPSA) is 77.6 Å². The van der Waals surface area contributed by atoms with E-state index in [4.69, 9.17) is 0 Å². The highest BCUT2D eigenvalue weighted by molar-refractivity contribution is 7.99. The number of thioether (sulfide) groups is 1. The van der Waals surface area contributed by atoms with Crippen LogP contribution in [0.4, 0.5) is 21.9 Å². The van der Waals surface area contributed by atoms with E-state index >= 15 is 0 Å². The van der Waals surface area contributed by atoms with Crippen molar-refractivity contribution in [3.63, 3.8) is 0 Å². The van der Waals surface area contributed by atoms with Crippen molar-refractivity contribution in [1.82, 2.24) is 10.3 Å². The zero-order valence-corrected chi connectivity index (χ0v) is 18.9. The Kier molecular flexibility index (Phi) is 6.61. The second-order valence-electron chi connectivity index (χ2n) is 7.58. The zero-order valence-electron chi connectivity index (χ0n) is 18.0. The highest BCUT2D eigenvalue weighted by Gasteiger charge is 2.23. The predicted molar refractivity (Wildman–Crippen MR) is 130 cm³/mol. The number of nitrogens with one attached hydrogen (secondary N) is 2. The summed E-state index contributed by atoms with van der Waals surface area (Å²) in [4.78, 5) is 33.6. The number of pyridine rings is 1. The molecule has 3 amide bonds. The first-order valence-corrected chi connectivity index (χ1v) is 11.3. The van der Waals surface area contributed by atoms with Crippen molar-refractivity contribution in [3.8, 4) is 0 Å². The zero-order chi connectivity index (χ0) is 22.5. The van der Waals surface area contributed by atoms with Gasteiger partial charge in [0, 0.05) is 56.1 Å². The molecule has 0 bridgehead atoms. The summed E-state index contributed by atoms with van der Waals surface area (Å²) in [5.41, 5.74) is 3.99. The number of nitrogens with zero attached hydrogens (tertiary/aromatic N) is 3. The molecule has 32 heavy (non-hydrogen) atoms. The molecule has 4 rings (SSSR count). The molecule has 1 aromatic heterocycles. The molecule has 7 nitrogen and oxygen atoms in total. The van der Waals surface area contributed by atoms with E-state index in [0.29, 0.717) is 24.3 Å². The van der Waals surface area contributed by atoms with Gasteiger partial charge >= 0.3 is 6.03 Å². The second kappa shape index (κ2) is 9.74. The smallest absolute Gasteiger partial charge is 0.326 e. The number of hydrogen-bond acceptors (Lipinski definition) is 5. The third-order valence-corrected chi connectivity index (χ3v) is 6.10. The van der Waals surface area contributed by atoms with Crippen molar-refractivity contribution < 1.29 is 9.59 Å². The molecule has 1 aliphatic heterocycles. The van der Waals surface area contributed by atoms with Crippen molar-refractivity contribution in [2.75, 3.05) is 41.5 Å². The molecule has 2 N–H and O–H groups in total. The molecule has 0 saturated carbocycles. The number of carbonyl (C=O) groups excluding carboxylic acids is 2. The Hall–Kier alpha value is -3.52. The standard InChI is InChI=1S/C24H25N5O2S/c1-28(2)20-10-8-17(9-11-20)16-26-22(30)18-5-3-6-19(15-18)27-24(31)29-13-14-32-23-21(29)7-4-12-25-23/h3-12,15H,13-14,16H2,1-2H3,(H,26,30)(H,27,31). The lowest BCUT2D eigenvalue weighted by atomic mass is 10.1. The fraction of sp³-hybridized carbons (Fsp3) is 0.208. The molecule has 2 aromatic carbocycles. The van der Waals surface area contributed by atoms with Crippen LogP contribution in [0.1, 0.15) is 15.9 Å². The molecule has 0 saturated heterocycles. The van der Waals surface area contributed by atoms with Gasteiger partial charge in [0.25, 0.3) is 5.91 Å². The van der Waals surface area contributed by atoms with Gasteiger partial charge in [0.15, 0.2) is 0 Å².